The van der Waals surface area contributed by atoms with Gasteiger partial charge in [-0.15, -0.1) is 0 Å². The van der Waals surface area contributed by atoms with Gasteiger partial charge in [-0.25, -0.2) is 0 Å². The predicted octanol–water partition coefficient (Wildman–Crippen LogP) is 4.52. The van der Waals surface area contributed by atoms with Crippen LogP contribution in [0.25, 0.3) is 0 Å². The summed E-state index contributed by atoms with van der Waals surface area (Å²) in [7, 11) is 0. The van der Waals surface area contributed by atoms with Crippen LogP contribution in [0, 0.1) is 35.0 Å². The maximum Gasteiger partial charge on any atom is -0.0196 e. The summed E-state index contributed by atoms with van der Waals surface area (Å²) in [5, 5.41) is 0. The molecule has 0 saturated heterocycles. The van der Waals surface area contributed by atoms with Gasteiger partial charge in [0, 0.05) is 0 Å². The van der Waals surface area contributed by atoms with E-state index in [1.807, 2.05) is 0 Å². The van der Waals surface area contributed by atoms with E-state index in [0.717, 1.165) is 29.6 Å². The Morgan fingerprint density at radius 1 is 1.07 bits per heavy atom. The Balaban J connectivity index is 2.16. The molecule has 15 heavy (non-hydrogen) atoms. The summed E-state index contributed by atoms with van der Waals surface area (Å²) < 4.78 is 0. The lowest BCUT2D eigenvalue weighted by Crippen LogP contribution is -2.34. The highest BCUT2D eigenvalue weighted by Crippen LogP contribution is 2.52. The predicted molar refractivity (Wildman–Crippen MR) is 66.6 cm³/mol. The molecule has 0 spiro atoms. The lowest BCUT2D eigenvalue weighted by Gasteiger charge is -2.41. The third-order valence-corrected chi connectivity index (χ3v) is 4.51. The first-order valence-electron chi connectivity index (χ1n) is 6.58. The Morgan fingerprint density at radius 2 is 1.73 bits per heavy atom. The topological polar surface area (TPSA) is 0 Å². The van der Waals surface area contributed by atoms with E-state index in [0.29, 0.717) is 5.41 Å². The molecule has 0 nitrogen and oxygen atoms in total. The highest BCUT2D eigenvalue weighted by atomic mass is 14.5. The van der Waals surface area contributed by atoms with Gasteiger partial charge >= 0.3 is 0 Å². The van der Waals surface area contributed by atoms with Gasteiger partial charge in [0.15, 0.2) is 0 Å². The summed E-state index contributed by atoms with van der Waals surface area (Å²) in [6.45, 7) is 12.1. The molecular weight excluding hydrogens is 180 g/mol. The lowest BCUT2D eigenvalue weighted by molar-refractivity contribution is 0.0891. The molecule has 0 aromatic heterocycles. The minimum atomic E-state index is 0.469. The third-order valence-electron chi connectivity index (χ3n) is 4.51. The van der Waals surface area contributed by atoms with E-state index in [1.165, 1.54) is 12.8 Å². The molecule has 0 radical (unpaired) electrons. The van der Waals surface area contributed by atoms with E-state index in [-0.39, 0.29) is 0 Å². The van der Waals surface area contributed by atoms with Crippen LogP contribution in [0.3, 0.4) is 0 Å². The molecule has 1 fully saturated rings. The lowest BCUT2D eigenvalue weighted by atomic mass is 9.64. The number of rotatable bonds is 2. The second kappa shape index (κ2) is 3.64. The first-order valence-corrected chi connectivity index (χ1v) is 6.58. The Hall–Kier alpha value is -0.260. The van der Waals surface area contributed by atoms with Crippen molar-refractivity contribution < 1.29 is 0 Å². The molecule has 86 valence electrons. The highest BCUT2D eigenvalue weighted by molar-refractivity contribution is 5.12. The molecule has 2 bridgehead atoms. The van der Waals surface area contributed by atoms with Crippen LogP contribution in [0.4, 0.5) is 0 Å². The molecule has 1 saturated carbocycles. The summed E-state index contributed by atoms with van der Waals surface area (Å²) in [6, 6.07) is 0. The third kappa shape index (κ3) is 2.00. The van der Waals surface area contributed by atoms with E-state index in [4.69, 9.17) is 0 Å². The van der Waals surface area contributed by atoms with Crippen molar-refractivity contribution >= 4 is 0 Å². The van der Waals surface area contributed by atoms with Crippen LogP contribution in [0.2, 0.25) is 0 Å². The molecule has 0 aliphatic heterocycles. The first kappa shape index (κ1) is 11.2. The minimum absolute atomic E-state index is 0.469. The van der Waals surface area contributed by atoms with Gasteiger partial charge in [0.2, 0.25) is 0 Å². The van der Waals surface area contributed by atoms with Crippen LogP contribution in [-0.4, -0.2) is 0 Å². The average Bonchev–Trinajstić information content (AvgIpc) is 2.60. The Kier molecular flexibility index (Phi) is 2.73. The number of hydrogen-bond acceptors (Lipinski definition) is 0. The number of fused-ring (bicyclic) bond motifs is 2. The molecule has 2 rings (SSSR count). The molecule has 4 unspecified atom stereocenters. The largest absolute Gasteiger partial charge is 0.0851 e. The molecule has 0 heterocycles. The Morgan fingerprint density at radius 3 is 2.07 bits per heavy atom. The van der Waals surface area contributed by atoms with E-state index >= 15 is 0 Å². The second-order valence-electron chi connectivity index (χ2n) is 7.08. The zero-order valence-corrected chi connectivity index (χ0v) is 11.0. The van der Waals surface area contributed by atoms with Crippen LogP contribution in [0.1, 0.15) is 47.5 Å². The standard InChI is InChI=1S/C15H26/c1-10(2)14(15(3,4)5)13-9-11-6-7-12(13)8-11/h6-7,10-14H,8-9H2,1-5H3. The maximum absolute atomic E-state index is 2.50. The van der Waals surface area contributed by atoms with Gasteiger partial charge in [-0.3, -0.25) is 0 Å². The normalized spacial score (nSPS) is 36.5. The molecule has 2 aliphatic carbocycles. The Labute approximate surface area is 95.1 Å². The summed E-state index contributed by atoms with van der Waals surface area (Å²) in [5.41, 5.74) is 0.469. The SMILES string of the molecule is CC(C)C(C1CC2C=CC1C2)C(C)(C)C. The monoisotopic (exact) mass is 206 g/mol. The average molecular weight is 206 g/mol. The van der Waals surface area contributed by atoms with Crippen molar-refractivity contribution in [2.45, 2.75) is 47.5 Å². The van der Waals surface area contributed by atoms with E-state index in [2.05, 4.69) is 46.8 Å². The van der Waals surface area contributed by atoms with Crippen LogP contribution in [0.5, 0.6) is 0 Å². The molecule has 0 amide bonds. The summed E-state index contributed by atoms with van der Waals surface area (Å²) >= 11 is 0. The van der Waals surface area contributed by atoms with Crippen molar-refractivity contribution in [3.05, 3.63) is 12.2 Å². The summed E-state index contributed by atoms with van der Waals surface area (Å²) in [4.78, 5) is 0. The van der Waals surface area contributed by atoms with Crippen molar-refractivity contribution in [3.8, 4) is 0 Å². The summed E-state index contributed by atoms with van der Waals surface area (Å²) in [5.74, 6) is 4.49. The van der Waals surface area contributed by atoms with Gasteiger partial charge < -0.3 is 0 Å². The minimum Gasteiger partial charge on any atom is -0.0851 e. The van der Waals surface area contributed by atoms with Crippen molar-refractivity contribution in [3.63, 3.8) is 0 Å². The van der Waals surface area contributed by atoms with Crippen LogP contribution in [-0.2, 0) is 0 Å². The summed E-state index contributed by atoms with van der Waals surface area (Å²) in [6.07, 6.45) is 7.87. The fourth-order valence-corrected chi connectivity index (χ4v) is 4.37. The Bertz CT molecular complexity index is 254. The smallest absolute Gasteiger partial charge is 0.0196 e. The molecule has 0 aromatic rings. The molecule has 4 atom stereocenters. The van der Waals surface area contributed by atoms with Gasteiger partial charge in [0.1, 0.15) is 0 Å². The van der Waals surface area contributed by atoms with Gasteiger partial charge in [0.05, 0.1) is 0 Å². The molecule has 0 N–H and O–H groups in total. The number of hydrogen-bond donors (Lipinski definition) is 0. The van der Waals surface area contributed by atoms with Gasteiger partial charge in [-0.05, 0) is 47.8 Å². The quantitative estimate of drug-likeness (QED) is 0.583. The maximum atomic E-state index is 2.50. The van der Waals surface area contributed by atoms with Crippen LogP contribution < -0.4 is 0 Å². The van der Waals surface area contributed by atoms with Crippen LogP contribution in [0.15, 0.2) is 12.2 Å². The van der Waals surface area contributed by atoms with Crippen molar-refractivity contribution in [2.75, 3.05) is 0 Å². The fourth-order valence-electron chi connectivity index (χ4n) is 4.37. The molecule has 0 aromatic carbocycles. The molecule has 2 aliphatic rings. The van der Waals surface area contributed by atoms with Crippen molar-refractivity contribution in [1.29, 1.82) is 0 Å². The molecule has 0 heteroatoms. The van der Waals surface area contributed by atoms with E-state index < -0.39 is 0 Å². The van der Waals surface area contributed by atoms with Gasteiger partial charge in [0.25, 0.3) is 0 Å². The highest BCUT2D eigenvalue weighted by Gasteiger charge is 2.44. The fraction of sp³-hybridized carbons (Fsp3) is 0.867. The second-order valence-corrected chi connectivity index (χ2v) is 7.08. The first-order chi connectivity index (χ1) is 6.89. The van der Waals surface area contributed by atoms with Crippen LogP contribution >= 0.6 is 0 Å². The van der Waals surface area contributed by atoms with E-state index in [9.17, 15) is 0 Å². The van der Waals surface area contributed by atoms with Crippen molar-refractivity contribution in [2.24, 2.45) is 35.0 Å². The molecular formula is C15H26. The zero-order valence-electron chi connectivity index (χ0n) is 11.0. The van der Waals surface area contributed by atoms with Gasteiger partial charge in [-0.2, -0.15) is 0 Å². The number of allylic oxidation sites excluding steroid dienone is 2. The zero-order chi connectivity index (χ0) is 11.2. The van der Waals surface area contributed by atoms with Gasteiger partial charge in [-0.1, -0.05) is 46.8 Å². The van der Waals surface area contributed by atoms with Crippen molar-refractivity contribution in [1.82, 2.24) is 0 Å². The van der Waals surface area contributed by atoms with E-state index in [1.54, 1.807) is 0 Å².